The lowest BCUT2D eigenvalue weighted by atomic mass is 9.70. The first-order chi connectivity index (χ1) is 17.5. The summed E-state index contributed by atoms with van der Waals surface area (Å²) in [5.41, 5.74) is 7.63. The summed E-state index contributed by atoms with van der Waals surface area (Å²) in [6.07, 6.45) is 14.3. The third kappa shape index (κ3) is 6.48. The molecule has 0 aliphatic heterocycles. The van der Waals surface area contributed by atoms with Crippen LogP contribution in [-0.2, 0) is 29.0 Å². The summed E-state index contributed by atoms with van der Waals surface area (Å²) in [7, 11) is 0. The third-order valence-corrected chi connectivity index (χ3v) is 8.68. The van der Waals surface area contributed by atoms with Gasteiger partial charge in [0, 0.05) is 12.2 Å². The van der Waals surface area contributed by atoms with Gasteiger partial charge in [-0.1, -0.05) is 75.9 Å². The van der Waals surface area contributed by atoms with Crippen molar-refractivity contribution in [1.82, 2.24) is 0 Å². The zero-order valence-corrected chi connectivity index (χ0v) is 22.4. The molecule has 1 N–H and O–H groups in total. The van der Waals surface area contributed by atoms with Crippen LogP contribution in [0.25, 0.3) is 11.1 Å². The standard InChI is InChI=1S/C33H44O3/c1-4-24-20-29(27-12-10-26(11-13-27)25-8-6-5-7-9-25)16-17-32(24)30-15-14-28(18-19-34)31(21-30)22-36-33(35)23(2)3/h14-17,20-21,25-27,34H,2,4-13,18-19,22H2,1,3H3. The van der Waals surface area contributed by atoms with E-state index in [1.165, 1.54) is 74.5 Å². The van der Waals surface area contributed by atoms with Crippen molar-refractivity contribution in [2.24, 2.45) is 11.8 Å². The molecule has 2 aliphatic rings. The van der Waals surface area contributed by atoms with Crippen molar-refractivity contribution in [2.75, 3.05) is 6.61 Å². The van der Waals surface area contributed by atoms with Crippen molar-refractivity contribution < 1.29 is 14.6 Å². The lowest BCUT2D eigenvalue weighted by molar-refractivity contribution is -0.140. The molecule has 3 nitrogen and oxygen atoms in total. The zero-order valence-electron chi connectivity index (χ0n) is 22.4. The van der Waals surface area contributed by atoms with Gasteiger partial charge < -0.3 is 9.84 Å². The molecule has 194 valence electrons. The number of benzene rings is 2. The maximum atomic E-state index is 12.0. The number of carbonyl (C=O) groups excluding carboxylic acids is 1. The highest BCUT2D eigenvalue weighted by Gasteiger charge is 2.29. The summed E-state index contributed by atoms with van der Waals surface area (Å²) in [5, 5.41) is 9.50. The van der Waals surface area contributed by atoms with E-state index in [9.17, 15) is 9.90 Å². The Morgan fingerprint density at radius 1 is 0.917 bits per heavy atom. The van der Waals surface area contributed by atoms with Gasteiger partial charge in [-0.25, -0.2) is 4.79 Å². The highest BCUT2D eigenvalue weighted by molar-refractivity contribution is 5.87. The van der Waals surface area contributed by atoms with Crippen LogP contribution in [0.3, 0.4) is 0 Å². The van der Waals surface area contributed by atoms with Crippen LogP contribution < -0.4 is 0 Å². The monoisotopic (exact) mass is 488 g/mol. The molecule has 0 aromatic heterocycles. The van der Waals surface area contributed by atoms with Crippen LogP contribution in [0.1, 0.15) is 99.8 Å². The second-order valence-electron chi connectivity index (χ2n) is 11.1. The predicted molar refractivity (Wildman–Crippen MR) is 148 cm³/mol. The third-order valence-electron chi connectivity index (χ3n) is 8.68. The maximum absolute atomic E-state index is 12.0. The normalized spacial score (nSPS) is 20.8. The molecule has 2 aromatic carbocycles. The van der Waals surface area contributed by atoms with Gasteiger partial charge in [0.05, 0.1) is 0 Å². The van der Waals surface area contributed by atoms with E-state index in [1.807, 2.05) is 0 Å². The topological polar surface area (TPSA) is 46.5 Å². The molecular weight excluding hydrogens is 444 g/mol. The fourth-order valence-corrected chi connectivity index (χ4v) is 6.53. The van der Waals surface area contributed by atoms with Gasteiger partial charge in [0.1, 0.15) is 6.61 Å². The summed E-state index contributed by atoms with van der Waals surface area (Å²) in [6, 6.07) is 13.4. The van der Waals surface area contributed by atoms with Gasteiger partial charge >= 0.3 is 5.97 Å². The average molecular weight is 489 g/mol. The van der Waals surface area contributed by atoms with Crippen molar-refractivity contribution in [3.05, 3.63) is 70.8 Å². The number of aryl methyl sites for hydroxylation is 1. The molecule has 36 heavy (non-hydrogen) atoms. The Morgan fingerprint density at radius 3 is 2.31 bits per heavy atom. The first kappa shape index (κ1) is 26.7. The number of aliphatic hydroxyl groups is 1. The molecule has 0 unspecified atom stereocenters. The maximum Gasteiger partial charge on any atom is 0.333 e. The minimum Gasteiger partial charge on any atom is -0.457 e. The summed E-state index contributed by atoms with van der Waals surface area (Å²) in [6.45, 7) is 7.83. The van der Waals surface area contributed by atoms with Gasteiger partial charge in [0.25, 0.3) is 0 Å². The van der Waals surface area contributed by atoms with Crippen LogP contribution in [0, 0.1) is 11.8 Å². The zero-order chi connectivity index (χ0) is 25.5. The highest BCUT2D eigenvalue weighted by Crippen LogP contribution is 2.43. The van der Waals surface area contributed by atoms with E-state index >= 15 is 0 Å². The number of carbonyl (C=O) groups is 1. The van der Waals surface area contributed by atoms with Gasteiger partial charge in [0.2, 0.25) is 0 Å². The van der Waals surface area contributed by atoms with Gasteiger partial charge in [-0.3, -0.25) is 0 Å². The Bertz CT molecular complexity index is 1040. The number of esters is 1. The van der Waals surface area contributed by atoms with Crippen molar-refractivity contribution >= 4 is 5.97 Å². The van der Waals surface area contributed by atoms with Crippen LogP contribution in [0.15, 0.2) is 48.6 Å². The average Bonchev–Trinajstić information content (AvgIpc) is 2.92. The lowest BCUT2D eigenvalue weighted by Gasteiger charge is -2.36. The fraction of sp³-hybridized carbons (Fsp3) is 0.545. The fourth-order valence-electron chi connectivity index (χ4n) is 6.53. The number of hydrogen-bond acceptors (Lipinski definition) is 3. The Labute approximate surface area is 218 Å². The molecule has 4 rings (SSSR count). The first-order valence-corrected chi connectivity index (χ1v) is 14.2. The molecular formula is C33H44O3. The van der Waals surface area contributed by atoms with E-state index in [0.717, 1.165) is 34.9 Å². The Kier molecular flexibility index (Phi) is 9.42. The minimum atomic E-state index is -0.382. The molecule has 0 heterocycles. The van der Waals surface area contributed by atoms with Crippen molar-refractivity contribution in [1.29, 1.82) is 0 Å². The Hall–Kier alpha value is -2.39. The molecule has 2 fully saturated rings. The Morgan fingerprint density at radius 2 is 1.64 bits per heavy atom. The summed E-state index contributed by atoms with van der Waals surface area (Å²) in [5.74, 6) is 2.26. The summed E-state index contributed by atoms with van der Waals surface area (Å²) >= 11 is 0. The molecule has 2 aliphatic carbocycles. The largest absolute Gasteiger partial charge is 0.457 e. The van der Waals surface area contributed by atoms with Crippen LogP contribution in [0.5, 0.6) is 0 Å². The number of aliphatic hydroxyl groups excluding tert-OH is 1. The van der Waals surface area contributed by atoms with Crippen molar-refractivity contribution in [2.45, 2.75) is 97.0 Å². The summed E-state index contributed by atoms with van der Waals surface area (Å²) < 4.78 is 5.45. The van der Waals surface area contributed by atoms with Crippen molar-refractivity contribution in [3.8, 4) is 11.1 Å². The number of ether oxygens (including phenoxy) is 1. The minimum absolute atomic E-state index is 0.0681. The molecule has 3 heteroatoms. The SMILES string of the molecule is C=C(C)C(=O)OCc1cc(-c2ccc(C3CCC(C4CCCCC4)CC3)cc2CC)ccc1CCO. The Balaban J connectivity index is 1.50. The van der Waals surface area contributed by atoms with E-state index in [0.29, 0.717) is 17.9 Å². The highest BCUT2D eigenvalue weighted by atomic mass is 16.5. The van der Waals surface area contributed by atoms with Crippen LogP contribution in [0.2, 0.25) is 0 Å². The summed E-state index contributed by atoms with van der Waals surface area (Å²) in [4.78, 5) is 12.0. The number of rotatable bonds is 9. The quantitative estimate of drug-likeness (QED) is 0.288. The molecule has 0 atom stereocenters. The van der Waals surface area contributed by atoms with E-state index in [1.54, 1.807) is 6.92 Å². The molecule has 0 radical (unpaired) electrons. The molecule has 0 spiro atoms. The van der Waals surface area contributed by atoms with Gasteiger partial charge in [-0.05, 0) is 103 Å². The smallest absolute Gasteiger partial charge is 0.333 e. The second-order valence-corrected chi connectivity index (χ2v) is 11.1. The molecule has 0 bridgehead atoms. The molecule has 0 amide bonds. The van der Waals surface area contributed by atoms with E-state index in [2.05, 4.69) is 49.9 Å². The van der Waals surface area contributed by atoms with E-state index in [-0.39, 0.29) is 19.2 Å². The van der Waals surface area contributed by atoms with Crippen LogP contribution in [0.4, 0.5) is 0 Å². The van der Waals surface area contributed by atoms with Gasteiger partial charge in [-0.15, -0.1) is 0 Å². The van der Waals surface area contributed by atoms with E-state index < -0.39 is 0 Å². The molecule has 2 saturated carbocycles. The van der Waals surface area contributed by atoms with Gasteiger partial charge in [0.15, 0.2) is 0 Å². The molecule has 0 saturated heterocycles. The second kappa shape index (κ2) is 12.7. The van der Waals surface area contributed by atoms with Gasteiger partial charge in [-0.2, -0.15) is 0 Å². The molecule has 2 aromatic rings. The van der Waals surface area contributed by atoms with E-state index in [4.69, 9.17) is 4.74 Å². The number of hydrogen-bond donors (Lipinski definition) is 1. The van der Waals surface area contributed by atoms with Crippen molar-refractivity contribution in [3.63, 3.8) is 0 Å². The first-order valence-electron chi connectivity index (χ1n) is 14.2. The van der Waals surface area contributed by atoms with Crippen LogP contribution >= 0.6 is 0 Å². The van der Waals surface area contributed by atoms with Crippen LogP contribution in [-0.4, -0.2) is 17.7 Å². The predicted octanol–water partition coefficient (Wildman–Crippen LogP) is 7.92. The lowest BCUT2D eigenvalue weighted by Crippen LogP contribution is -2.23.